The molecule has 1 atom stereocenters. The number of benzene rings is 1. The van der Waals surface area contributed by atoms with E-state index in [0.717, 1.165) is 29.6 Å². The molecule has 1 saturated carbocycles. The Balaban J connectivity index is 1.40. The Hall–Kier alpha value is -4.19. The summed E-state index contributed by atoms with van der Waals surface area (Å²) in [6.07, 6.45) is 11.1. The number of aromatic nitrogens is 10. The number of nitrogens with zero attached hydrogens (tertiary/aromatic N) is 10. The van der Waals surface area contributed by atoms with Gasteiger partial charge in [-0.25, -0.2) is 4.39 Å². The van der Waals surface area contributed by atoms with Crippen molar-refractivity contribution in [1.82, 2.24) is 45.0 Å². The first kappa shape index (κ1) is 22.3. The Morgan fingerprint density at radius 2 is 2.03 bits per heavy atom. The van der Waals surface area contributed by atoms with Crippen LogP contribution in [0.4, 0.5) is 4.39 Å². The smallest absolute Gasteiger partial charge is 0.217 e. The third kappa shape index (κ3) is 4.09. The molecule has 0 unspecified atom stereocenters. The number of hydrogen-bond acceptors (Lipinski definition) is 7. The van der Waals surface area contributed by atoms with E-state index in [1.807, 2.05) is 12.4 Å². The maximum absolute atomic E-state index is 15.2. The van der Waals surface area contributed by atoms with Gasteiger partial charge in [0.25, 0.3) is 0 Å². The van der Waals surface area contributed by atoms with Crippen LogP contribution in [-0.4, -0.2) is 45.0 Å². The zero-order valence-electron chi connectivity index (χ0n) is 19.1. The zero-order chi connectivity index (χ0) is 24.8. The molecule has 11 nitrogen and oxygen atoms in total. The van der Waals surface area contributed by atoms with E-state index in [0.29, 0.717) is 28.6 Å². The maximum atomic E-state index is 15.2. The second-order valence-corrected chi connectivity index (χ2v) is 9.27. The Morgan fingerprint density at radius 1 is 1.17 bits per heavy atom. The minimum absolute atomic E-state index is 0.0666. The molecule has 4 aromatic heterocycles. The molecule has 0 amide bonds. The molecule has 6 rings (SSSR count). The molecule has 0 N–H and O–H groups in total. The van der Waals surface area contributed by atoms with Crippen molar-refractivity contribution in [1.29, 1.82) is 0 Å². The summed E-state index contributed by atoms with van der Waals surface area (Å²) in [6, 6.07) is 6.16. The van der Waals surface area contributed by atoms with E-state index in [1.165, 1.54) is 23.3 Å². The molecule has 1 aliphatic rings. The van der Waals surface area contributed by atoms with Crippen molar-refractivity contribution in [3.05, 3.63) is 77.1 Å². The molecule has 1 aliphatic carbocycles. The van der Waals surface area contributed by atoms with Crippen LogP contribution >= 0.6 is 11.6 Å². The second kappa shape index (κ2) is 8.79. The summed E-state index contributed by atoms with van der Waals surface area (Å²) in [7, 11) is 1.80. The first-order chi connectivity index (χ1) is 17.5. The average Bonchev–Trinajstić information content (AvgIpc) is 3.26. The molecule has 0 aliphatic heterocycles. The minimum atomic E-state index is -0.660. The van der Waals surface area contributed by atoms with Gasteiger partial charge in [-0.1, -0.05) is 29.7 Å². The van der Waals surface area contributed by atoms with Crippen molar-refractivity contribution in [2.45, 2.75) is 25.3 Å². The highest BCUT2D eigenvalue weighted by Crippen LogP contribution is 2.39. The van der Waals surface area contributed by atoms with Gasteiger partial charge in [0.05, 0.1) is 34.2 Å². The van der Waals surface area contributed by atoms with Crippen LogP contribution in [0.2, 0.25) is 5.02 Å². The molecule has 0 saturated heterocycles. The van der Waals surface area contributed by atoms with E-state index in [1.54, 1.807) is 40.8 Å². The van der Waals surface area contributed by atoms with Crippen molar-refractivity contribution in [2.24, 2.45) is 13.0 Å². The van der Waals surface area contributed by atoms with Gasteiger partial charge in [-0.3, -0.25) is 9.36 Å². The Kier molecular flexibility index (Phi) is 5.44. The summed E-state index contributed by atoms with van der Waals surface area (Å²) in [5.74, 6) is -0.136. The number of pyridine rings is 1. The highest BCUT2D eigenvalue weighted by atomic mass is 35.5. The molecule has 4 heterocycles. The predicted molar refractivity (Wildman–Crippen MR) is 126 cm³/mol. The highest BCUT2D eigenvalue weighted by molar-refractivity contribution is 6.31. The van der Waals surface area contributed by atoms with Crippen LogP contribution in [0.1, 0.15) is 31.0 Å². The summed E-state index contributed by atoms with van der Waals surface area (Å²) in [5, 5.41) is 37.0. The molecule has 182 valence electrons. The third-order valence-electron chi connectivity index (χ3n) is 6.32. The van der Waals surface area contributed by atoms with E-state index in [-0.39, 0.29) is 16.6 Å². The quantitative estimate of drug-likeness (QED) is 0.246. The summed E-state index contributed by atoms with van der Waals surface area (Å²) < 4.78 is 20.7. The molecule has 0 radical (unpaired) electrons. The van der Waals surface area contributed by atoms with Gasteiger partial charge in [-0.2, -0.15) is 14.5 Å². The van der Waals surface area contributed by atoms with Gasteiger partial charge in [0.15, 0.2) is 12.0 Å². The Morgan fingerprint density at radius 3 is 2.72 bits per heavy atom. The largest absolute Gasteiger partial charge is 0.618 e. The monoisotopic (exact) mass is 506 g/mol. The number of halogens is 2. The molecular weight excluding hydrogens is 487 g/mol. The summed E-state index contributed by atoms with van der Waals surface area (Å²) >= 11 is 6.07. The number of rotatable bonds is 7. The van der Waals surface area contributed by atoms with E-state index in [2.05, 4.69) is 30.9 Å². The van der Waals surface area contributed by atoms with Crippen LogP contribution < -0.4 is 4.73 Å². The van der Waals surface area contributed by atoms with Gasteiger partial charge in [0, 0.05) is 24.9 Å². The first-order valence-electron chi connectivity index (χ1n) is 11.3. The van der Waals surface area contributed by atoms with Gasteiger partial charge in [0.1, 0.15) is 18.1 Å². The average molecular weight is 507 g/mol. The molecule has 5 aromatic rings. The predicted octanol–water partition coefficient (Wildman–Crippen LogP) is 3.14. The lowest BCUT2D eigenvalue weighted by Crippen LogP contribution is -2.35. The topological polar surface area (TPSA) is 119 Å². The number of aryl methyl sites for hydroxylation is 1. The Labute approximate surface area is 209 Å². The van der Waals surface area contributed by atoms with Crippen LogP contribution in [-0.2, 0) is 7.05 Å². The van der Waals surface area contributed by atoms with E-state index >= 15 is 4.39 Å². The van der Waals surface area contributed by atoms with Crippen LogP contribution in [0.15, 0.2) is 55.4 Å². The minimum Gasteiger partial charge on any atom is -0.618 e. The van der Waals surface area contributed by atoms with Gasteiger partial charge in [0.2, 0.25) is 5.69 Å². The fraction of sp³-hybridized carbons (Fsp3) is 0.261. The number of hydrogen-bond donors (Lipinski definition) is 0. The van der Waals surface area contributed by atoms with Crippen molar-refractivity contribution in [3.8, 4) is 28.1 Å². The lowest BCUT2D eigenvalue weighted by molar-refractivity contribution is -0.615. The SMILES string of the molecule is Cn1cc(-c2cnn([C@H](CC3CC3)c3ccc(-c4c(-n5cnnn5)ccc(Cl)c4F)c[n+]3[O-])c2)nn1. The van der Waals surface area contributed by atoms with Gasteiger partial charge < -0.3 is 5.21 Å². The van der Waals surface area contributed by atoms with Crippen molar-refractivity contribution < 1.29 is 9.12 Å². The van der Waals surface area contributed by atoms with Crippen LogP contribution in [0.25, 0.3) is 28.1 Å². The second-order valence-electron chi connectivity index (χ2n) is 8.86. The zero-order valence-corrected chi connectivity index (χ0v) is 19.9. The van der Waals surface area contributed by atoms with Gasteiger partial charge in [-0.05, 0) is 41.0 Å². The molecule has 36 heavy (non-hydrogen) atoms. The fourth-order valence-electron chi connectivity index (χ4n) is 4.33. The lowest BCUT2D eigenvalue weighted by Gasteiger charge is -2.18. The Bertz CT molecular complexity index is 1540. The van der Waals surface area contributed by atoms with E-state index < -0.39 is 5.82 Å². The number of tetrazole rings is 1. The first-order valence-corrected chi connectivity index (χ1v) is 11.7. The van der Waals surface area contributed by atoms with Crippen molar-refractivity contribution >= 4 is 11.6 Å². The maximum Gasteiger partial charge on any atom is 0.217 e. The normalized spacial score (nSPS) is 14.3. The molecule has 13 heteroatoms. The van der Waals surface area contributed by atoms with Gasteiger partial charge in [-0.15, -0.1) is 10.2 Å². The van der Waals surface area contributed by atoms with Gasteiger partial charge >= 0.3 is 0 Å². The van der Waals surface area contributed by atoms with Crippen LogP contribution in [0, 0.1) is 16.9 Å². The van der Waals surface area contributed by atoms with E-state index in [9.17, 15) is 5.21 Å². The third-order valence-corrected chi connectivity index (χ3v) is 6.61. The van der Waals surface area contributed by atoms with Crippen molar-refractivity contribution in [3.63, 3.8) is 0 Å². The van der Waals surface area contributed by atoms with Crippen LogP contribution in [0.3, 0.4) is 0 Å². The molecule has 0 bridgehead atoms. The molecule has 0 spiro atoms. The fourth-order valence-corrected chi connectivity index (χ4v) is 4.49. The van der Waals surface area contributed by atoms with Crippen molar-refractivity contribution in [2.75, 3.05) is 0 Å². The molecule has 1 aromatic carbocycles. The summed E-state index contributed by atoms with van der Waals surface area (Å²) in [6.45, 7) is 0. The highest BCUT2D eigenvalue weighted by Gasteiger charge is 2.32. The molecule has 1 fully saturated rings. The standard InChI is InChI=1S/C23H20ClFN10O/c1-32-12-18(28-30-32)16-9-27-33(10-16)21(8-14-2-3-14)19-6-4-15(11-35(19)36)22-20(34-13-26-29-31-34)7-5-17(24)23(22)25/h4-7,9-14,21H,2-3,8H2,1H3/t21-/m1/s1. The molecular formula is C23H20ClFN10O. The van der Waals surface area contributed by atoms with E-state index in [4.69, 9.17) is 11.6 Å². The van der Waals surface area contributed by atoms with Crippen LogP contribution in [0.5, 0.6) is 0 Å². The summed E-state index contributed by atoms with van der Waals surface area (Å²) in [4.78, 5) is 0. The summed E-state index contributed by atoms with van der Waals surface area (Å²) in [5.41, 5.74) is 2.87. The lowest BCUT2D eigenvalue weighted by atomic mass is 10.0.